The highest BCUT2D eigenvalue weighted by molar-refractivity contribution is 5.80. The van der Waals surface area contributed by atoms with E-state index in [0.29, 0.717) is 0 Å². The summed E-state index contributed by atoms with van der Waals surface area (Å²) in [6.45, 7) is 9.70. The summed E-state index contributed by atoms with van der Waals surface area (Å²) in [7, 11) is 0. The summed E-state index contributed by atoms with van der Waals surface area (Å²) in [5, 5.41) is 0. The Hall–Kier alpha value is -0.850. The lowest BCUT2D eigenvalue weighted by molar-refractivity contribution is 1.18. The lowest BCUT2D eigenvalue weighted by Crippen LogP contribution is -1.81. The Morgan fingerprint density at radius 3 is 2.40 bits per heavy atom. The van der Waals surface area contributed by atoms with E-state index >= 15 is 0 Å². The van der Waals surface area contributed by atoms with Crippen LogP contribution in [0.5, 0.6) is 0 Å². The number of allylic oxidation sites excluding steroid dienone is 2. The van der Waals surface area contributed by atoms with Crippen LogP contribution in [0.4, 0.5) is 0 Å². The van der Waals surface area contributed by atoms with E-state index < -0.39 is 0 Å². The third kappa shape index (κ3) is 4.07. The van der Waals surface area contributed by atoms with Crippen LogP contribution in [-0.4, -0.2) is 5.71 Å². The number of aliphatic imine (C=N–C) groups is 1. The van der Waals surface area contributed by atoms with E-state index in [1.165, 1.54) is 0 Å². The minimum Gasteiger partial charge on any atom is -0.259 e. The first-order valence-corrected chi connectivity index (χ1v) is 3.55. The molecule has 0 saturated carbocycles. The Labute approximate surface area is 63.2 Å². The molecule has 0 unspecified atom stereocenters. The zero-order valence-corrected chi connectivity index (χ0v) is 7.02. The number of rotatable bonds is 3. The topological polar surface area (TPSA) is 12.4 Å². The fourth-order valence-electron chi connectivity index (χ4n) is 0.642. The van der Waals surface area contributed by atoms with E-state index in [1.54, 1.807) is 6.08 Å². The maximum absolute atomic E-state index is 4.24. The van der Waals surface area contributed by atoms with Gasteiger partial charge in [-0.15, -0.1) is 0 Å². The van der Waals surface area contributed by atoms with Crippen molar-refractivity contribution < 1.29 is 0 Å². The third-order valence-corrected chi connectivity index (χ3v) is 0.975. The predicted molar refractivity (Wildman–Crippen MR) is 47.4 cm³/mol. The quantitative estimate of drug-likeness (QED) is 0.419. The molecule has 0 aliphatic carbocycles. The molecule has 0 fully saturated rings. The van der Waals surface area contributed by atoms with Crippen LogP contribution < -0.4 is 0 Å². The van der Waals surface area contributed by atoms with Gasteiger partial charge >= 0.3 is 0 Å². The van der Waals surface area contributed by atoms with Gasteiger partial charge in [-0.05, 0) is 26.3 Å². The summed E-state index contributed by atoms with van der Waals surface area (Å²) in [6, 6.07) is 0. The number of hydrogen-bond donors (Lipinski definition) is 0. The van der Waals surface area contributed by atoms with E-state index in [2.05, 4.69) is 24.6 Å². The van der Waals surface area contributed by atoms with Crippen LogP contribution in [0.25, 0.3) is 0 Å². The molecule has 0 rings (SSSR count). The molecule has 0 aromatic rings. The molecule has 0 heterocycles. The summed E-state index contributed by atoms with van der Waals surface area (Å²) in [5.41, 5.74) is 2.04. The molecule has 0 saturated heterocycles. The van der Waals surface area contributed by atoms with Crippen molar-refractivity contribution in [2.45, 2.75) is 27.2 Å². The average Bonchev–Trinajstić information content (AvgIpc) is 1.86. The summed E-state index contributed by atoms with van der Waals surface area (Å²) in [6.07, 6.45) is 4.84. The molecule has 0 radical (unpaired) electrons. The highest BCUT2D eigenvalue weighted by Gasteiger charge is 1.83. The van der Waals surface area contributed by atoms with Gasteiger partial charge in [0.05, 0.1) is 5.70 Å². The molecular weight excluding hydrogens is 122 g/mol. The van der Waals surface area contributed by atoms with Crippen molar-refractivity contribution in [3.05, 3.63) is 24.4 Å². The van der Waals surface area contributed by atoms with E-state index in [-0.39, 0.29) is 0 Å². The molecular formula is C9H15N. The molecule has 56 valence electrons. The molecule has 1 nitrogen and oxygen atoms in total. The van der Waals surface area contributed by atoms with Crippen LogP contribution >= 0.6 is 0 Å². The van der Waals surface area contributed by atoms with Crippen LogP contribution in [0.2, 0.25) is 0 Å². The SMILES string of the molecule is C=CC(=CCC)N=C(C)C. The largest absolute Gasteiger partial charge is 0.259 e. The summed E-state index contributed by atoms with van der Waals surface area (Å²) in [5.74, 6) is 0. The molecule has 0 N–H and O–H groups in total. The molecule has 0 aromatic heterocycles. The predicted octanol–water partition coefficient (Wildman–Crippen LogP) is 2.95. The number of hydrogen-bond acceptors (Lipinski definition) is 1. The van der Waals surface area contributed by atoms with Crippen LogP contribution in [0.1, 0.15) is 27.2 Å². The van der Waals surface area contributed by atoms with Crippen molar-refractivity contribution in [3.63, 3.8) is 0 Å². The van der Waals surface area contributed by atoms with Gasteiger partial charge in [-0.3, -0.25) is 4.99 Å². The van der Waals surface area contributed by atoms with Crippen molar-refractivity contribution in [3.8, 4) is 0 Å². The zero-order chi connectivity index (χ0) is 7.98. The Bertz CT molecular complexity index is 160. The molecule has 10 heavy (non-hydrogen) atoms. The van der Waals surface area contributed by atoms with Gasteiger partial charge in [0.1, 0.15) is 0 Å². The van der Waals surface area contributed by atoms with Crippen LogP contribution in [0, 0.1) is 0 Å². The lowest BCUT2D eigenvalue weighted by atomic mass is 10.3. The second-order valence-corrected chi connectivity index (χ2v) is 2.30. The van der Waals surface area contributed by atoms with Crippen LogP contribution in [0.15, 0.2) is 29.4 Å². The van der Waals surface area contributed by atoms with Crippen molar-refractivity contribution in [2.75, 3.05) is 0 Å². The van der Waals surface area contributed by atoms with Gasteiger partial charge < -0.3 is 0 Å². The summed E-state index contributed by atoms with van der Waals surface area (Å²) >= 11 is 0. The van der Waals surface area contributed by atoms with Gasteiger partial charge in [-0.2, -0.15) is 0 Å². The molecule has 0 aliphatic rings. The molecule has 0 aromatic carbocycles. The van der Waals surface area contributed by atoms with Gasteiger partial charge in [0.2, 0.25) is 0 Å². The Balaban J connectivity index is 4.23. The standard InChI is InChI=1S/C9H15N/c1-5-7-9(6-2)10-8(3)4/h6-7H,2,5H2,1,3-4H3. The zero-order valence-electron chi connectivity index (χ0n) is 7.02. The average molecular weight is 137 g/mol. The van der Waals surface area contributed by atoms with Crippen molar-refractivity contribution >= 4 is 5.71 Å². The van der Waals surface area contributed by atoms with Crippen LogP contribution in [0.3, 0.4) is 0 Å². The Kier molecular flexibility index (Phi) is 4.55. The minimum atomic E-state index is 0.975. The Morgan fingerprint density at radius 2 is 2.10 bits per heavy atom. The van der Waals surface area contributed by atoms with E-state index in [0.717, 1.165) is 17.8 Å². The molecule has 1 heteroatoms. The molecule has 0 spiro atoms. The van der Waals surface area contributed by atoms with Gasteiger partial charge in [0.15, 0.2) is 0 Å². The normalized spacial score (nSPS) is 10.9. The fourth-order valence-corrected chi connectivity index (χ4v) is 0.642. The second-order valence-electron chi connectivity index (χ2n) is 2.30. The highest BCUT2D eigenvalue weighted by Crippen LogP contribution is 1.99. The highest BCUT2D eigenvalue weighted by atomic mass is 14.7. The fraction of sp³-hybridized carbons (Fsp3) is 0.444. The van der Waals surface area contributed by atoms with Crippen molar-refractivity contribution in [1.29, 1.82) is 0 Å². The molecule has 0 amide bonds. The summed E-state index contributed by atoms with van der Waals surface area (Å²) in [4.78, 5) is 4.24. The second kappa shape index (κ2) is 4.98. The maximum atomic E-state index is 4.24. The molecule has 0 bridgehead atoms. The smallest absolute Gasteiger partial charge is 0.0582 e. The first-order chi connectivity index (χ1) is 4.70. The Morgan fingerprint density at radius 1 is 1.50 bits per heavy atom. The van der Waals surface area contributed by atoms with E-state index in [9.17, 15) is 0 Å². The monoisotopic (exact) mass is 137 g/mol. The molecule has 0 aliphatic heterocycles. The maximum Gasteiger partial charge on any atom is 0.0582 e. The van der Waals surface area contributed by atoms with Crippen LogP contribution in [-0.2, 0) is 0 Å². The van der Waals surface area contributed by atoms with Gasteiger partial charge in [0, 0.05) is 5.71 Å². The van der Waals surface area contributed by atoms with Crippen molar-refractivity contribution in [2.24, 2.45) is 4.99 Å². The minimum absolute atomic E-state index is 0.975. The lowest BCUT2D eigenvalue weighted by Gasteiger charge is -1.92. The van der Waals surface area contributed by atoms with Gasteiger partial charge in [0.25, 0.3) is 0 Å². The molecule has 0 atom stereocenters. The third-order valence-electron chi connectivity index (χ3n) is 0.975. The number of nitrogens with zero attached hydrogens (tertiary/aromatic N) is 1. The van der Waals surface area contributed by atoms with Crippen molar-refractivity contribution in [1.82, 2.24) is 0 Å². The first kappa shape index (κ1) is 9.15. The summed E-state index contributed by atoms with van der Waals surface area (Å²) < 4.78 is 0. The van der Waals surface area contributed by atoms with Gasteiger partial charge in [-0.25, -0.2) is 0 Å². The van der Waals surface area contributed by atoms with E-state index in [4.69, 9.17) is 0 Å². The first-order valence-electron chi connectivity index (χ1n) is 3.55. The van der Waals surface area contributed by atoms with E-state index in [1.807, 2.05) is 13.8 Å². The van der Waals surface area contributed by atoms with Gasteiger partial charge in [-0.1, -0.05) is 19.6 Å².